The van der Waals surface area contributed by atoms with Crippen molar-refractivity contribution in [1.82, 2.24) is 9.80 Å². The van der Waals surface area contributed by atoms with Crippen LogP contribution in [0.1, 0.15) is 26.2 Å². The quantitative estimate of drug-likeness (QED) is 0.784. The van der Waals surface area contributed by atoms with Gasteiger partial charge in [-0.3, -0.25) is 0 Å². The third-order valence-electron chi connectivity index (χ3n) is 4.39. The van der Waals surface area contributed by atoms with Gasteiger partial charge in [0.2, 0.25) is 0 Å². The Morgan fingerprint density at radius 3 is 2.55 bits per heavy atom. The zero-order valence-electron chi connectivity index (χ0n) is 11.7. The number of amides is 2. The highest BCUT2D eigenvalue weighted by Crippen LogP contribution is 2.31. The highest BCUT2D eigenvalue weighted by Gasteiger charge is 2.48. The summed E-state index contributed by atoms with van der Waals surface area (Å²) in [6, 6.07) is -0.749. The first kappa shape index (κ1) is 15.1. The molecule has 0 spiro atoms. The molecule has 0 aromatic heterocycles. The number of urea groups is 1. The maximum atomic E-state index is 12.5. The lowest BCUT2D eigenvalue weighted by Crippen LogP contribution is -2.56. The molecule has 0 aromatic rings. The zero-order valence-corrected chi connectivity index (χ0v) is 12.5. The van der Waals surface area contributed by atoms with E-state index < -0.39 is 27.4 Å². The Morgan fingerprint density at radius 1 is 1.40 bits per heavy atom. The van der Waals surface area contributed by atoms with Crippen molar-refractivity contribution in [1.29, 1.82) is 0 Å². The van der Waals surface area contributed by atoms with E-state index in [0.717, 1.165) is 0 Å². The van der Waals surface area contributed by atoms with Gasteiger partial charge in [0.15, 0.2) is 9.84 Å². The van der Waals surface area contributed by atoms with E-state index in [1.165, 1.54) is 9.80 Å². The van der Waals surface area contributed by atoms with Gasteiger partial charge in [-0.1, -0.05) is 0 Å². The minimum atomic E-state index is -3.07. The zero-order chi connectivity index (χ0) is 15.1. The molecule has 2 atom stereocenters. The molecule has 2 saturated heterocycles. The van der Waals surface area contributed by atoms with Gasteiger partial charge in [-0.25, -0.2) is 18.0 Å². The average molecular weight is 304 g/mol. The molecule has 114 valence electrons. The highest BCUT2D eigenvalue weighted by molar-refractivity contribution is 7.91. The number of carbonyl (C=O) groups excluding carboxylic acids is 1. The molecular weight excluding hydrogens is 284 g/mol. The number of carbonyl (C=O) groups is 2. The molecule has 1 N–H and O–H groups in total. The van der Waals surface area contributed by atoms with Gasteiger partial charge in [0, 0.05) is 19.6 Å². The molecule has 2 aliphatic rings. The predicted molar refractivity (Wildman–Crippen MR) is 72.2 cm³/mol. The fourth-order valence-electron chi connectivity index (χ4n) is 2.92. The lowest BCUT2D eigenvalue weighted by atomic mass is 9.99. The number of nitrogens with zero attached hydrogens (tertiary/aromatic N) is 2. The van der Waals surface area contributed by atoms with E-state index in [2.05, 4.69) is 0 Å². The van der Waals surface area contributed by atoms with E-state index in [0.29, 0.717) is 25.8 Å². The molecule has 2 rings (SSSR count). The van der Waals surface area contributed by atoms with E-state index in [1.54, 1.807) is 14.0 Å². The van der Waals surface area contributed by atoms with Crippen LogP contribution in [0.4, 0.5) is 4.79 Å². The number of aliphatic carboxylic acids is 1. The second-order valence-electron chi connectivity index (χ2n) is 5.78. The van der Waals surface area contributed by atoms with Crippen molar-refractivity contribution >= 4 is 21.8 Å². The Kier molecular flexibility index (Phi) is 3.70. The maximum Gasteiger partial charge on any atom is 0.329 e. The summed E-state index contributed by atoms with van der Waals surface area (Å²) < 4.78 is 23.0. The fourth-order valence-corrected chi connectivity index (χ4v) is 4.69. The van der Waals surface area contributed by atoms with E-state index in [-0.39, 0.29) is 17.5 Å². The van der Waals surface area contributed by atoms with Gasteiger partial charge in [0.05, 0.1) is 11.5 Å². The van der Waals surface area contributed by atoms with Gasteiger partial charge in [-0.05, 0) is 26.2 Å². The second-order valence-corrected chi connectivity index (χ2v) is 8.01. The van der Waals surface area contributed by atoms with Crippen molar-refractivity contribution < 1.29 is 23.1 Å². The van der Waals surface area contributed by atoms with Crippen LogP contribution in [0.2, 0.25) is 0 Å². The van der Waals surface area contributed by atoms with Crippen molar-refractivity contribution in [2.75, 3.05) is 25.1 Å². The van der Waals surface area contributed by atoms with Crippen LogP contribution in [0.25, 0.3) is 0 Å². The minimum absolute atomic E-state index is 0.0349. The molecule has 7 nitrogen and oxygen atoms in total. The van der Waals surface area contributed by atoms with Gasteiger partial charge < -0.3 is 14.9 Å². The SMILES string of the molecule is CN(C(=O)N1CCCC1(C)C(=O)O)C1CCS(=O)(=O)C1. The van der Waals surface area contributed by atoms with Crippen LogP contribution in [-0.4, -0.2) is 72.0 Å². The molecule has 2 fully saturated rings. The molecule has 0 radical (unpaired) electrons. The average Bonchev–Trinajstić information content (AvgIpc) is 2.91. The normalized spacial score (nSPS) is 32.3. The molecule has 0 aromatic carbocycles. The Bertz CT molecular complexity index is 532. The summed E-state index contributed by atoms with van der Waals surface area (Å²) in [5, 5.41) is 9.31. The van der Waals surface area contributed by atoms with Crippen molar-refractivity contribution in [3.05, 3.63) is 0 Å². The topological polar surface area (TPSA) is 95.0 Å². The fraction of sp³-hybridized carbons (Fsp3) is 0.833. The number of sulfone groups is 1. The third kappa shape index (κ3) is 2.48. The van der Waals surface area contributed by atoms with Crippen LogP contribution in [0.15, 0.2) is 0 Å². The number of likely N-dealkylation sites (tertiary alicyclic amines) is 1. The molecule has 0 aliphatic carbocycles. The lowest BCUT2D eigenvalue weighted by molar-refractivity contribution is -0.147. The van der Waals surface area contributed by atoms with Crippen molar-refractivity contribution in [2.24, 2.45) is 0 Å². The van der Waals surface area contributed by atoms with Gasteiger partial charge >= 0.3 is 12.0 Å². The van der Waals surface area contributed by atoms with Gasteiger partial charge in [-0.2, -0.15) is 0 Å². The summed E-state index contributed by atoms with van der Waals surface area (Å²) in [6.45, 7) is 1.94. The lowest BCUT2D eigenvalue weighted by Gasteiger charge is -2.36. The number of rotatable bonds is 2. The number of hydrogen-bond acceptors (Lipinski definition) is 4. The summed E-state index contributed by atoms with van der Waals surface area (Å²) >= 11 is 0. The molecule has 2 unspecified atom stereocenters. The van der Waals surface area contributed by atoms with Crippen molar-refractivity contribution in [3.8, 4) is 0 Å². The largest absolute Gasteiger partial charge is 0.480 e. The van der Waals surface area contributed by atoms with E-state index in [4.69, 9.17) is 0 Å². The third-order valence-corrected chi connectivity index (χ3v) is 6.14. The predicted octanol–water partition coefficient (Wildman–Crippen LogP) is 0.164. The Balaban J connectivity index is 2.13. The Morgan fingerprint density at radius 2 is 2.05 bits per heavy atom. The summed E-state index contributed by atoms with van der Waals surface area (Å²) in [5.74, 6) is -0.964. The smallest absolute Gasteiger partial charge is 0.329 e. The summed E-state index contributed by atoms with van der Waals surface area (Å²) in [7, 11) is -1.52. The van der Waals surface area contributed by atoms with Crippen LogP contribution in [0.3, 0.4) is 0 Å². The molecule has 2 heterocycles. The molecule has 8 heteroatoms. The standard InChI is InChI=1S/C12H20N2O5S/c1-12(10(15)16)5-3-6-14(12)11(17)13(2)9-4-7-20(18,19)8-9/h9H,3-8H2,1-2H3,(H,15,16). The molecule has 2 amide bonds. The van der Waals surface area contributed by atoms with Crippen LogP contribution >= 0.6 is 0 Å². The second kappa shape index (κ2) is 4.91. The van der Waals surface area contributed by atoms with E-state index in [9.17, 15) is 23.1 Å². The summed E-state index contributed by atoms with van der Waals surface area (Å²) in [4.78, 5) is 26.6. The van der Waals surface area contributed by atoms with E-state index >= 15 is 0 Å². The monoisotopic (exact) mass is 304 g/mol. The molecule has 2 aliphatic heterocycles. The first-order chi connectivity index (χ1) is 9.17. The summed E-state index contributed by atoms with van der Waals surface area (Å²) in [6.07, 6.45) is 1.48. The molecule has 0 bridgehead atoms. The van der Waals surface area contributed by atoms with Crippen LogP contribution < -0.4 is 0 Å². The number of hydrogen-bond donors (Lipinski definition) is 1. The van der Waals surface area contributed by atoms with Gasteiger partial charge in [-0.15, -0.1) is 0 Å². The highest BCUT2D eigenvalue weighted by atomic mass is 32.2. The first-order valence-electron chi connectivity index (χ1n) is 6.66. The van der Waals surface area contributed by atoms with Crippen LogP contribution in [0, 0.1) is 0 Å². The van der Waals surface area contributed by atoms with Gasteiger partial charge in [0.25, 0.3) is 0 Å². The molecule has 20 heavy (non-hydrogen) atoms. The van der Waals surface area contributed by atoms with Crippen LogP contribution in [0.5, 0.6) is 0 Å². The Hall–Kier alpha value is -1.31. The Labute approximate surface area is 118 Å². The maximum absolute atomic E-state index is 12.5. The van der Waals surface area contributed by atoms with Crippen molar-refractivity contribution in [2.45, 2.75) is 37.8 Å². The van der Waals surface area contributed by atoms with E-state index in [1.807, 2.05) is 0 Å². The van der Waals surface area contributed by atoms with Crippen LogP contribution in [-0.2, 0) is 14.6 Å². The minimum Gasteiger partial charge on any atom is -0.480 e. The number of carboxylic acid groups (broad SMARTS) is 1. The summed E-state index contributed by atoms with van der Waals surface area (Å²) in [5.41, 5.74) is -1.19. The molecule has 0 saturated carbocycles. The van der Waals surface area contributed by atoms with Crippen molar-refractivity contribution in [3.63, 3.8) is 0 Å². The first-order valence-corrected chi connectivity index (χ1v) is 8.48. The molecular formula is C12H20N2O5S. The van der Waals surface area contributed by atoms with Gasteiger partial charge in [0.1, 0.15) is 5.54 Å². The number of carboxylic acids is 1.